The van der Waals surface area contributed by atoms with E-state index in [2.05, 4.69) is 26.0 Å². The lowest BCUT2D eigenvalue weighted by Gasteiger charge is -2.14. The zero-order valence-electron chi connectivity index (χ0n) is 21.3. The second-order valence-corrected chi connectivity index (χ2v) is 12.3. The largest absolute Gasteiger partial charge is 0.465 e. The maximum absolute atomic E-state index is 13.6. The number of anilines is 1. The number of sulfonamides is 1. The lowest BCUT2D eigenvalue weighted by Crippen LogP contribution is -2.18. The third-order valence-corrected chi connectivity index (χ3v) is 9.20. The van der Waals surface area contributed by atoms with Gasteiger partial charge in [0.2, 0.25) is 10.0 Å². The molecule has 0 spiro atoms. The summed E-state index contributed by atoms with van der Waals surface area (Å²) in [7, 11) is -1.27. The molecule has 0 atom stereocenters. The van der Waals surface area contributed by atoms with Gasteiger partial charge in [0.1, 0.15) is 17.2 Å². The molecular weight excluding hydrogens is 627 g/mol. The van der Waals surface area contributed by atoms with Gasteiger partial charge in [-0.15, -0.1) is 0 Å². The number of rotatable bonds is 8. The van der Waals surface area contributed by atoms with E-state index < -0.39 is 27.6 Å². The predicted molar refractivity (Wildman–Crippen MR) is 154 cm³/mol. The van der Waals surface area contributed by atoms with Crippen LogP contribution in [-0.2, 0) is 20.5 Å². The number of hydrogen-bond acceptors (Lipinski definition) is 6. The number of halogens is 3. The normalized spacial score (nSPS) is 13.3. The molecule has 4 aromatic rings. The number of amides is 1. The van der Waals surface area contributed by atoms with Crippen molar-refractivity contribution in [2.45, 2.75) is 24.5 Å². The summed E-state index contributed by atoms with van der Waals surface area (Å²) in [5.74, 6) is -1.48. The van der Waals surface area contributed by atoms with Crippen molar-refractivity contribution in [2.24, 2.45) is 0 Å². The lowest BCUT2D eigenvalue weighted by molar-refractivity contribution is 0.0599. The maximum atomic E-state index is 13.6. The van der Waals surface area contributed by atoms with Crippen molar-refractivity contribution in [3.05, 3.63) is 86.1 Å². The zero-order chi connectivity index (χ0) is 28.8. The fourth-order valence-corrected chi connectivity index (χ4v) is 6.40. The van der Waals surface area contributed by atoms with Crippen molar-refractivity contribution in [3.8, 4) is 11.3 Å². The van der Waals surface area contributed by atoms with Crippen LogP contribution in [0.3, 0.4) is 0 Å². The molecule has 0 saturated heterocycles. The molecule has 1 aliphatic carbocycles. The summed E-state index contributed by atoms with van der Waals surface area (Å²) in [4.78, 5) is 25.0. The Hall–Kier alpha value is -3.41. The van der Waals surface area contributed by atoms with Gasteiger partial charge < -0.3 is 14.5 Å². The summed E-state index contributed by atoms with van der Waals surface area (Å²) in [5, 5.41) is 3.29. The number of esters is 1. The van der Waals surface area contributed by atoms with Crippen LogP contribution < -0.4 is 10.0 Å². The fourth-order valence-electron chi connectivity index (χ4n) is 4.58. The molecule has 0 unspecified atom stereocenters. The monoisotopic (exact) mass is 648 g/mol. The standard InChI is InChI=1S/C28H23BrClFN2O6S/c1-32-27(34)24-20-12-19(14-3-4-14)16(9-23(20)39-26(24)15-5-7-17(31)8-6-15)13-40(36,37)33-18-10-21(28(35)38-2)25(29)22(30)11-18/h5-12,14,33H,3-4,13H2,1-2H3,(H,32,34). The van der Waals surface area contributed by atoms with Gasteiger partial charge in [-0.2, -0.15) is 0 Å². The molecule has 208 valence electrons. The molecule has 1 fully saturated rings. The lowest BCUT2D eigenvalue weighted by atomic mass is 9.98. The highest BCUT2D eigenvalue weighted by atomic mass is 79.9. The number of carbonyl (C=O) groups excluding carboxylic acids is 2. The number of ether oxygens (including phenoxy) is 1. The molecule has 2 N–H and O–H groups in total. The van der Waals surface area contributed by atoms with E-state index in [0.29, 0.717) is 27.7 Å². The highest BCUT2D eigenvalue weighted by Gasteiger charge is 2.31. The van der Waals surface area contributed by atoms with E-state index in [-0.39, 0.29) is 38.3 Å². The van der Waals surface area contributed by atoms with Gasteiger partial charge in [-0.25, -0.2) is 17.6 Å². The van der Waals surface area contributed by atoms with Gasteiger partial charge in [-0.05, 0) is 94.3 Å². The summed E-state index contributed by atoms with van der Waals surface area (Å²) in [6, 6.07) is 11.7. The van der Waals surface area contributed by atoms with E-state index in [1.807, 2.05) is 6.07 Å². The third kappa shape index (κ3) is 5.59. The van der Waals surface area contributed by atoms with Crippen molar-refractivity contribution >= 4 is 66.1 Å². The quantitative estimate of drug-likeness (QED) is 0.207. The van der Waals surface area contributed by atoms with Crippen LogP contribution in [0.25, 0.3) is 22.3 Å². The Bertz CT molecular complexity index is 1770. The maximum Gasteiger partial charge on any atom is 0.339 e. The van der Waals surface area contributed by atoms with Crippen LogP contribution in [0.5, 0.6) is 0 Å². The van der Waals surface area contributed by atoms with Crippen LogP contribution in [0, 0.1) is 5.82 Å². The molecule has 1 amide bonds. The van der Waals surface area contributed by atoms with Gasteiger partial charge in [0.25, 0.3) is 5.91 Å². The number of hydrogen-bond donors (Lipinski definition) is 2. The van der Waals surface area contributed by atoms with Crippen LogP contribution in [0.4, 0.5) is 10.1 Å². The van der Waals surface area contributed by atoms with Crippen molar-refractivity contribution in [2.75, 3.05) is 18.9 Å². The predicted octanol–water partition coefficient (Wildman–Crippen LogP) is 6.62. The number of fused-ring (bicyclic) bond motifs is 1. The van der Waals surface area contributed by atoms with Crippen molar-refractivity contribution in [1.29, 1.82) is 0 Å². The number of furan rings is 1. The average molecular weight is 650 g/mol. The highest BCUT2D eigenvalue weighted by molar-refractivity contribution is 9.10. The van der Waals surface area contributed by atoms with Crippen molar-refractivity contribution < 1.29 is 31.6 Å². The first kappa shape index (κ1) is 28.1. The summed E-state index contributed by atoms with van der Waals surface area (Å²) in [6.45, 7) is 0. The van der Waals surface area contributed by atoms with Crippen molar-refractivity contribution in [1.82, 2.24) is 5.32 Å². The Morgan fingerprint density at radius 3 is 2.48 bits per heavy atom. The van der Waals surface area contributed by atoms with Gasteiger partial charge in [0.05, 0.1) is 39.2 Å². The van der Waals surface area contributed by atoms with Gasteiger partial charge in [-0.1, -0.05) is 11.6 Å². The molecule has 0 bridgehead atoms. The molecule has 12 heteroatoms. The smallest absolute Gasteiger partial charge is 0.339 e. The first-order valence-electron chi connectivity index (χ1n) is 12.2. The Balaban J connectivity index is 1.56. The molecular formula is C28H23BrClFN2O6S. The average Bonchev–Trinajstić information content (AvgIpc) is 3.69. The van der Waals surface area contributed by atoms with Crippen LogP contribution in [-0.4, -0.2) is 34.5 Å². The van der Waals surface area contributed by atoms with Gasteiger partial charge in [0, 0.05) is 18.0 Å². The molecule has 0 aliphatic heterocycles. The van der Waals surface area contributed by atoms with E-state index in [1.165, 1.54) is 50.6 Å². The third-order valence-electron chi connectivity index (χ3n) is 6.58. The van der Waals surface area contributed by atoms with E-state index in [0.717, 1.165) is 18.4 Å². The van der Waals surface area contributed by atoms with Crippen molar-refractivity contribution in [3.63, 3.8) is 0 Å². The number of benzene rings is 3. The Morgan fingerprint density at radius 2 is 1.85 bits per heavy atom. The highest BCUT2D eigenvalue weighted by Crippen LogP contribution is 2.45. The minimum absolute atomic E-state index is 0.0680. The van der Waals surface area contributed by atoms with E-state index in [1.54, 1.807) is 6.07 Å². The van der Waals surface area contributed by atoms with Gasteiger partial charge in [0.15, 0.2) is 0 Å². The summed E-state index contributed by atoms with van der Waals surface area (Å²) in [5.41, 5.74) is 2.61. The van der Waals surface area contributed by atoms with E-state index in [4.69, 9.17) is 20.8 Å². The van der Waals surface area contributed by atoms with Gasteiger partial charge >= 0.3 is 5.97 Å². The Morgan fingerprint density at radius 1 is 1.15 bits per heavy atom. The number of nitrogens with one attached hydrogen (secondary N) is 2. The molecule has 40 heavy (non-hydrogen) atoms. The second kappa shape index (κ2) is 10.9. The summed E-state index contributed by atoms with van der Waals surface area (Å²) in [6.07, 6.45) is 1.77. The summed E-state index contributed by atoms with van der Waals surface area (Å²) < 4.78 is 53.8. The molecule has 1 heterocycles. The molecule has 3 aromatic carbocycles. The second-order valence-electron chi connectivity index (χ2n) is 9.39. The minimum atomic E-state index is -3.98. The van der Waals surface area contributed by atoms with Crippen LogP contribution >= 0.6 is 27.5 Å². The fraction of sp³-hybridized carbons (Fsp3) is 0.214. The first-order valence-corrected chi connectivity index (χ1v) is 15.0. The Kier molecular flexibility index (Phi) is 7.64. The zero-order valence-corrected chi connectivity index (χ0v) is 24.5. The summed E-state index contributed by atoms with van der Waals surface area (Å²) >= 11 is 9.43. The Labute approximate surface area is 243 Å². The molecule has 1 aliphatic rings. The van der Waals surface area contributed by atoms with Crippen LogP contribution in [0.1, 0.15) is 50.6 Å². The molecule has 5 rings (SSSR count). The van der Waals surface area contributed by atoms with Crippen LogP contribution in [0.15, 0.2) is 57.4 Å². The number of methoxy groups -OCH3 is 1. The first-order chi connectivity index (χ1) is 19.0. The molecule has 1 aromatic heterocycles. The minimum Gasteiger partial charge on any atom is -0.465 e. The SMILES string of the molecule is CNC(=O)c1c(-c2ccc(F)cc2)oc2cc(CS(=O)(=O)Nc3cc(Cl)c(Br)c(C(=O)OC)c3)c(C3CC3)cc12. The molecule has 8 nitrogen and oxygen atoms in total. The molecule has 0 radical (unpaired) electrons. The van der Waals surface area contributed by atoms with Crippen LogP contribution in [0.2, 0.25) is 5.02 Å². The van der Waals surface area contributed by atoms with E-state index in [9.17, 15) is 22.4 Å². The molecule has 1 saturated carbocycles. The van der Waals surface area contributed by atoms with Gasteiger partial charge in [-0.3, -0.25) is 9.52 Å². The number of carbonyl (C=O) groups is 2. The van der Waals surface area contributed by atoms with E-state index >= 15 is 0 Å². The topological polar surface area (TPSA) is 115 Å².